The van der Waals surface area contributed by atoms with Crippen molar-refractivity contribution in [2.24, 2.45) is 0 Å². The highest BCUT2D eigenvalue weighted by Crippen LogP contribution is 2.25. The summed E-state index contributed by atoms with van der Waals surface area (Å²) >= 11 is 3.05. The number of aryl methyl sites for hydroxylation is 1. The van der Waals surface area contributed by atoms with Gasteiger partial charge in [0.1, 0.15) is 11.6 Å². The van der Waals surface area contributed by atoms with Crippen molar-refractivity contribution in [3.05, 3.63) is 52.0 Å². The number of nitrogens with one attached hydrogen (secondary N) is 1. The lowest BCUT2D eigenvalue weighted by Crippen LogP contribution is -2.14. The summed E-state index contributed by atoms with van der Waals surface area (Å²) in [4.78, 5) is 15.7. The third-order valence-corrected chi connectivity index (χ3v) is 3.12. The molecule has 19 heavy (non-hydrogen) atoms. The van der Waals surface area contributed by atoms with Gasteiger partial charge in [0.2, 0.25) is 0 Å². The number of carbonyl (C=O) groups excluding carboxylic acids is 1. The van der Waals surface area contributed by atoms with Gasteiger partial charge < -0.3 is 10.4 Å². The van der Waals surface area contributed by atoms with E-state index in [2.05, 4.69) is 26.2 Å². The molecule has 6 heteroatoms. The Labute approximate surface area is 117 Å². The number of anilines is 1. The lowest BCUT2D eigenvalue weighted by Gasteiger charge is -2.09. The van der Waals surface area contributed by atoms with Crippen molar-refractivity contribution in [1.82, 2.24) is 4.98 Å². The van der Waals surface area contributed by atoms with E-state index in [1.165, 1.54) is 30.5 Å². The van der Waals surface area contributed by atoms with Crippen molar-refractivity contribution in [1.29, 1.82) is 0 Å². The molecule has 98 valence electrons. The second kappa shape index (κ2) is 5.36. The third-order valence-electron chi connectivity index (χ3n) is 2.52. The molecule has 0 aliphatic carbocycles. The van der Waals surface area contributed by atoms with Crippen molar-refractivity contribution in [2.45, 2.75) is 6.92 Å². The molecular weight excluding hydrogens is 315 g/mol. The van der Waals surface area contributed by atoms with Crippen LogP contribution in [0.2, 0.25) is 0 Å². The number of aromatic hydroxyl groups is 1. The van der Waals surface area contributed by atoms with Gasteiger partial charge in [-0.3, -0.25) is 4.79 Å². The first-order valence-electron chi connectivity index (χ1n) is 5.40. The van der Waals surface area contributed by atoms with Crippen LogP contribution in [-0.2, 0) is 0 Å². The van der Waals surface area contributed by atoms with Crippen LogP contribution in [-0.4, -0.2) is 16.0 Å². The lowest BCUT2D eigenvalue weighted by molar-refractivity contribution is 0.101. The zero-order chi connectivity index (χ0) is 14.0. The van der Waals surface area contributed by atoms with Gasteiger partial charge in [-0.25, -0.2) is 9.37 Å². The van der Waals surface area contributed by atoms with Crippen molar-refractivity contribution < 1.29 is 14.3 Å². The van der Waals surface area contributed by atoms with E-state index in [9.17, 15) is 14.3 Å². The zero-order valence-corrected chi connectivity index (χ0v) is 11.5. The van der Waals surface area contributed by atoms with E-state index >= 15 is 0 Å². The van der Waals surface area contributed by atoms with E-state index in [0.717, 1.165) is 0 Å². The summed E-state index contributed by atoms with van der Waals surface area (Å²) in [5.74, 6) is -1.17. The molecule has 0 saturated carbocycles. The maximum atomic E-state index is 13.3. The molecule has 0 atom stereocenters. The summed E-state index contributed by atoms with van der Waals surface area (Å²) in [5, 5.41) is 12.1. The van der Waals surface area contributed by atoms with E-state index in [0.29, 0.717) is 11.3 Å². The van der Waals surface area contributed by atoms with Crippen LogP contribution in [0.15, 0.2) is 34.9 Å². The van der Waals surface area contributed by atoms with Crippen LogP contribution >= 0.6 is 15.9 Å². The quantitative estimate of drug-likeness (QED) is 0.891. The molecule has 0 fully saturated rings. The smallest absolute Gasteiger partial charge is 0.278 e. The Hall–Kier alpha value is -1.95. The fraction of sp³-hybridized carbons (Fsp3) is 0.0769. The molecular formula is C13H10BrFN2O2. The zero-order valence-electron chi connectivity index (χ0n) is 9.95. The highest BCUT2D eigenvalue weighted by atomic mass is 79.9. The summed E-state index contributed by atoms with van der Waals surface area (Å²) in [6.45, 7) is 1.67. The highest BCUT2D eigenvalue weighted by Gasteiger charge is 2.14. The van der Waals surface area contributed by atoms with Gasteiger partial charge in [0.25, 0.3) is 5.91 Å². The number of benzene rings is 1. The number of hydrogen-bond acceptors (Lipinski definition) is 3. The number of pyridine rings is 1. The minimum Gasteiger partial charge on any atom is -0.505 e. The molecule has 0 aliphatic rings. The molecule has 4 nitrogen and oxygen atoms in total. The predicted molar refractivity (Wildman–Crippen MR) is 72.7 cm³/mol. The summed E-state index contributed by atoms with van der Waals surface area (Å²) in [6, 6.07) is 5.65. The Balaban J connectivity index is 2.30. The van der Waals surface area contributed by atoms with Gasteiger partial charge in [-0.05, 0) is 52.7 Å². The van der Waals surface area contributed by atoms with E-state index in [4.69, 9.17) is 0 Å². The average Bonchev–Trinajstić information content (AvgIpc) is 2.36. The van der Waals surface area contributed by atoms with E-state index < -0.39 is 11.7 Å². The van der Waals surface area contributed by atoms with E-state index in [1.807, 2.05) is 0 Å². The number of aromatic nitrogens is 1. The van der Waals surface area contributed by atoms with Gasteiger partial charge in [0, 0.05) is 11.9 Å². The molecule has 2 N–H and O–H groups in total. The minimum absolute atomic E-state index is 0.0812. The van der Waals surface area contributed by atoms with Crippen LogP contribution in [0, 0.1) is 12.7 Å². The SMILES string of the molecule is Cc1cc(F)c(Br)cc1NC(=O)c1ncccc1O. The molecule has 0 bridgehead atoms. The molecule has 1 aromatic carbocycles. The second-order valence-electron chi connectivity index (χ2n) is 3.91. The average molecular weight is 325 g/mol. The van der Waals surface area contributed by atoms with Gasteiger partial charge in [0.05, 0.1) is 4.47 Å². The normalized spacial score (nSPS) is 10.3. The van der Waals surface area contributed by atoms with Crippen LogP contribution in [0.1, 0.15) is 16.1 Å². The fourth-order valence-electron chi connectivity index (χ4n) is 1.53. The number of nitrogens with zero attached hydrogens (tertiary/aromatic N) is 1. The number of halogens is 2. The van der Waals surface area contributed by atoms with Crippen LogP contribution in [0.5, 0.6) is 5.75 Å². The predicted octanol–water partition coefficient (Wildman–Crippen LogP) is 3.25. The van der Waals surface area contributed by atoms with Crippen molar-refractivity contribution in [2.75, 3.05) is 5.32 Å². The minimum atomic E-state index is -0.556. The van der Waals surface area contributed by atoms with E-state index in [1.54, 1.807) is 6.92 Å². The van der Waals surface area contributed by atoms with E-state index in [-0.39, 0.29) is 15.9 Å². The summed E-state index contributed by atoms with van der Waals surface area (Å²) < 4.78 is 13.5. The van der Waals surface area contributed by atoms with Crippen molar-refractivity contribution in [3.8, 4) is 5.75 Å². The molecule has 2 rings (SSSR count). The molecule has 0 radical (unpaired) electrons. The van der Waals surface area contributed by atoms with Gasteiger partial charge in [-0.1, -0.05) is 0 Å². The summed E-state index contributed by atoms with van der Waals surface area (Å²) in [7, 11) is 0. The van der Waals surface area contributed by atoms with Crippen LogP contribution in [0.25, 0.3) is 0 Å². The number of rotatable bonds is 2. The fourth-order valence-corrected chi connectivity index (χ4v) is 1.88. The largest absolute Gasteiger partial charge is 0.505 e. The Morgan fingerprint density at radius 1 is 1.47 bits per heavy atom. The summed E-state index contributed by atoms with van der Waals surface area (Å²) in [6.07, 6.45) is 1.40. The Bertz CT molecular complexity index is 647. The maximum absolute atomic E-state index is 13.3. The third kappa shape index (κ3) is 2.90. The number of amides is 1. The topological polar surface area (TPSA) is 62.2 Å². The molecule has 0 aliphatic heterocycles. The number of hydrogen-bond donors (Lipinski definition) is 2. The van der Waals surface area contributed by atoms with Gasteiger partial charge in [0.15, 0.2) is 5.69 Å². The molecule has 1 amide bonds. The van der Waals surface area contributed by atoms with Crippen molar-refractivity contribution in [3.63, 3.8) is 0 Å². The Morgan fingerprint density at radius 3 is 2.89 bits per heavy atom. The van der Waals surface area contributed by atoms with Gasteiger partial charge >= 0.3 is 0 Å². The molecule has 1 aromatic heterocycles. The standard InChI is InChI=1S/C13H10BrFN2O2/c1-7-5-9(15)8(14)6-10(7)17-13(19)12-11(18)3-2-4-16-12/h2-6,18H,1H3,(H,17,19). The first-order chi connectivity index (χ1) is 8.99. The van der Waals surface area contributed by atoms with Gasteiger partial charge in [-0.2, -0.15) is 0 Å². The van der Waals surface area contributed by atoms with Gasteiger partial charge in [-0.15, -0.1) is 0 Å². The summed E-state index contributed by atoms with van der Waals surface area (Å²) in [5.41, 5.74) is 0.940. The molecule has 0 spiro atoms. The molecule has 2 aromatic rings. The van der Waals surface area contributed by atoms with Crippen molar-refractivity contribution >= 4 is 27.5 Å². The molecule has 1 heterocycles. The van der Waals surface area contributed by atoms with Crippen LogP contribution < -0.4 is 5.32 Å². The van der Waals surface area contributed by atoms with Crippen LogP contribution in [0.3, 0.4) is 0 Å². The lowest BCUT2D eigenvalue weighted by atomic mass is 10.2. The highest BCUT2D eigenvalue weighted by molar-refractivity contribution is 9.10. The first-order valence-corrected chi connectivity index (χ1v) is 6.19. The molecule has 0 unspecified atom stereocenters. The maximum Gasteiger partial charge on any atom is 0.278 e. The number of carbonyl (C=O) groups is 1. The second-order valence-corrected chi connectivity index (χ2v) is 4.76. The molecule has 0 saturated heterocycles. The Kier molecular flexibility index (Phi) is 3.80. The monoisotopic (exact) mass is 324 g/mol. The Morgan fingerprint density at radius 2 is 2.21 bits per heavy atom. The first kappa shape index (κ1) is 13.5. The van der Waals surface area contributed by atoms with Crippen LogP contribution in [0.4, 0.5) is 10.1 Å².